The van der Waals surface area contributed by atoms with E-state index in [1.54, 1.807) is 19.9 Å². The van der Waals surface area contributed by atoms with Crippen LogP contribution in [-0.2, 0) is 19.1 Å². The summed E-state index contributed by atoms with van der Waals surface area (Å²) in [5, 5.41) is 14.6. The normalized spacial score (nSPS) is 16.5. The molecule has 0 amide bonds. The van der Waals surface area contributed by atoms with E-state index in [0.717, 1.165) is 0 Å². The molecule has 0 saturated carbocycles. The lowest BCUT2D eigenvalue weighted by molar-refractivity contribution is -0.385. The van der Waals surface area contributed by atoms with E-state index in [-0.39, 0.29) is 29.0 Å². The number of dihydropyridines is 1. The molecule has 1 N–H and O–H groups in total. The maximum atomic E-state index is 12.8. The Bertz CT molecular complexity index is 862. The maximum absolute atomic E-state index is 12.8. The van der Waals surface area contributed by atoms with Crippen LogP contribution in [0.1, 0.15) is 25.3 Å². The van der Waals surface area contributed by atoms with Gasteiger partial charge in [0.2, 0.25) is 0 Å². The number of ether oxygens (including phenoxy) is 2. The highest BCUT2D eigenvalue weighted by atomic mass is 32.2. The Hall–Kier alpha value is -2.81. The van der Waals surface area contributed by atoms with E-state index < -0.39 is 22.8 Å². The molecule has 1 aliphatic heterocycles. The summed E-state index contributed by atoms with van der Waals surface area (Å²) in [5.41, 5.74) is 1.27. The number of methoxy groups -OCH3 is 1. The number of carbonyl (C=O) groups excluding carboxylic acids is 2. The third kappa shape index (κ3) is 4.36. The Morgan fingerprint density at radius 1 is 1.18 bits per heavy atom. The van der Waals surface area contributed by atoms with Crippen LogP contribution < -0.4 is 5.32 Å². The van der Waals surface area contributed by atoms with E-state index in [0.29, 0.717) is 17.1 Å². The second-order valence-corrected chi connectivity index (χ2v) is 7.06. The number of allylic oxidation sites excluding steroid dienone is 2. The molecule has 0 saturated heterocycles. The van der Waals surface area contributed by atoms with E-state index in [9.17, 15) is 19.7 Å². The van der Waals surface area contributed by atoms with Crippen LogP contribution in [0.15, 0.2) is 46.8 Å². The van der Waals surface area contributed by atoms with Crippen molar-refractivity contribution in [2.75, 3.05) is 25.7 Å². The predicted octanol–water partition coefficient (Wildman–Crippen LogP) is 2.91. The molecule has 28 heavy (non-hydrogen) atoms. The lowest BCUT2D eigenvalue weighted by Crippen LogP contribution is -2.32. The average Bonchev–Trinajstić information content (AvgIpc) is 2.66. The minimum Gasteiger partial charge on any atom is -0.466 e. The Kier molecular flexibility index (Phi) is 7.22. The summed E-state index contributed by atoms with van der Waals surface area (Å²) in [5.74, 6) is -1.66. The highest BCUT2D eigenvalue weighted by molar-refractivity contribution is 7.98. The zero-order chi connectivity index (χ0) is 20.8. The van der Waals surface area contributed by atoms with E-state index in [2.05, 4.69) is 5.32 Å². The molecular formula is C19H22N2O6S. The van der Waals surface area contributed by atoms with Crippen molar-refractivity contribution in [3.05, 3.63) is 62.5 Å². The molecule has 1 heterocycles. The number of para-hydroxylation sites is 1. The zero-order valence-electron chi connectivity index (χ0n) is 16.1. The molecule has 0 spiro atoms. The first-order valence-electron chi connectivity index (χ1n) is 8.49. The van der Waals surface area contributed by atoms with Gasteiger partial charge in [0.05, 0.1) is 29.1 Å². The van der Waals surface area contributed by atoms with E-state index in [1.807, 2.05) is 6.26 Å². The van der Waals surface area contributed by atoms with Gasteiger partial charge in [-0.2, -0.15) is 11.8 Å². The number of nitrogens with one attached hydrogen (secondary N) is 1. The minimum absolute atomic E-state index is 0.138. The lowest BCUT2D eigenvalue weighted by atomic mass is 9.79. The average molecular weight is 406 g/mol. The van der Waals surface area contributed by atoms with Crippen LogP contribution in [0.4, 0.5) is 5.69 Å². The second kappa shape index (κ2) is 9.41. The van der Waals surface area contributed by atoms with Crippen LogP contribution in [0.25, 0.3) is 0 Å². The number of rotatable bonds is 7. The summed E-state index contributed by atoms with van der Waals surface area (Å²) in [7, 11) is 1.22. The van der Waals surface area contributed by atoms with Crippen LogP contribution >= 0.6 is 11.8 Å². The molecule has 1 aliphatic rings. The van der Waals surface area contributed by atoms with Crippen LogP contribution in [0.3, 0.4) is 0 Å². The zero-order valence-corrected chi connectivity index (χ0v) is 16.9. The maximum Gasteiger partial charge on any atom is 0.336 e. The van der Waals surface area contributed by atoms with Gasteiger partial charge in [-0.25, -0.2) is 9.59 Å². The number of hydrogen-bond donors (Lipinski definition) is 1. The first kappa shape index (κ1) is 21.5. The molecule has 0 fully saturated rings. The molecule has 1 unspecified atom stereocenters. The van der Waals surface area contributed by atoms with E-state index >= 15 is 0 Å². The van der Waals surface area contributed by atoms with Crippen LogP contribution in [-0.4, -0.2) is 42.6 Å². The van der Waals surface area contributed by atoms with Gasteiger partial charge >= 0.3 is 11.9 Å². The Morgan fingerprint density at radius 2 is 1.79 bits per heavy atom. The number of nitrogens with zero attached hydrogens (tertiary/aromatic N) is 1. The van der Waals surface area contributed by atoms with Gasteiger partial charge in [-0.05, 0) is 20.1 Å². The molecule has 9 heteroatoms. The topological polar surface area (TPSA) is 108 Å². The van der Waals surface area contributed by atoms with Gasteiger partial charge in [-0.15, -0.1) is 0 Å². The number of thioether (sulfide) groups is 1. The first-order valence-corrected chi connectivity index (χ1v) is 9.89. The lowest BCUT2D eigenvalue weighted by Gasteiger charge is -2.30. The summed E-state index contributed by atoms with van der Waals surface area (Å²) < 4.78 is 10.2. The van der Waals surface area contributed by atoms with Gasteiger partial charge in [0.15, 0.2) is 0 Å². The molecule has 1 aromatic carbocycles. The van der Waals surface area contributed by atoms with Crippen LogP contribution in [0, 0.1) is 10.1 Å². The summed E-state index contributed by atoms with van der Waals surface area (Å²) in [6.07, 6.45) is 1.89. The highest BCUT2D eigenvalue weighted by Gasteiger charge is 2.40. The SMILES string of the molecule is COC(=O)C1=C(C)NC(C)=C(C(=O)OCCSC)C1c1ccccc1[N+](=O)[O-]. The summed E-state index contributed by atoms with van der Waals surface area (Å²) >= 11 is 1.52. The fraction of sp³-hybridized carbons (Fsp3) is 0.368. The standard InChI is InChI=1S/C19H22N2O6S/c1-11-15(18(22)26-3)17(13-7-5-6-8-14(13)21(24)25)16(12(2)20-11)19(23)27-9-10-28-4/h5-8,17,20H,9-10H2,1-4H3. The third-order valence-electron chi connectivity index (χ3n) is 4.35. The van der Waals surface area contributed by atoms with Crippen molar-refractivity contribution >= 4 is 29.4 Å². The van der Waals surface area contributed by atoms with Crippen LogP contribution in [0.5, 0.6) is 0 Å². The fourth-order valence-corrected chi connectivity index (χ4v) is 3.40. The molecule has 150 valence electrons. The van der Waals surface area contributed by atoms with Crippen molar-refractivity contribution in [1.29, 1.82) is 0 Å². The predicted molar refractivity (Wildman–Crippen MR) is 106 cm³/mol. The van der Waals surface area contributed by atoms with Gasteiger partial charge in [-0.3, -0.25) is 10.1 Å². The molecule has 1 atom stereocenters. The van der Waals surface area contributed by atoms with Crippen molar-refractivity contribution < 1.29 is 24.0 Å². The smallest absolute Gasteiger partial charge is 0.336 e. The van der Waals surface area contributed by atoms with Gasteiger partial charge in [0.25, 0.3) is 5.69 Å². The summed E-state index contributed by atoms with van der Waals surface area (Å²) in [6, 6.07) is 6.03. The number of benzene rings is 1. The van der Waals surface area contributed by atoms with Gasteiger partial charge in [0, 0.05) is 28.8 Å². The van der Waals surface area contributed by atoms with Gasteiger partial charge in [-0.1, -0.05) is 18.2 Å². The number of esters is 2. The third-order valence-corrected chi connectivity index (χ3v) is 4.93. The molecule has 2 rings (SSSR count). The molecule has 8 nitrogen and oxygen atoms in total. The number of hydrogen-bond acceptors (Lipinski definition) is 8. The molecule has 0 radical (unpaired) electrons. The summed E-state index contributed by atoms with van der Waals surface area (Å²) in [4.78, 5) is 36.4. The quantitative estimate of drug-likeness (QED) is 0.319. The largest absolute Gasteiger partial charge is 0.466 e. The van der Waals surface area contributed by atoms with Crippen LogP contribution in [0.2, 0.25) is 0 Å². The fourth-order valence-electron chi connectivity index (χ4n) is 3.15. The first-order chi connectivity index (χ1) is 13.3. The van der Waals surface area contributed by atoms with Crippen molar-refractivity contribution in [1.82, 2.24) is 5.32 Å². The molecule has 1 aromatic rings. The van der Waals surface area contributed by atoms with Crippen molar-refractivity contribution in [2.45, 2.75) is 19.8 Å². The highest BCUT2D eigenvalue weighted by Crippen LogP contribution is 2.42. The van der Waals surface area contributed by atoms with Crippen molar-refractivity contribution in [3.63, 3.8) is 0 Å². The summed E-state index contributed by atoms with van der Waals surface area (Å²) in [6.45, 7) is 3.52. The molecule has 0 bridgehead atoms. The van der Waals surface area contributed by atoms with Gasteiger partial charge in [0.1, 0.15) is 6.61 Å². The molecular weight excluding hydrogens is 384 g/mol. The Labute approximate surface area is 167 Å². The van der Waals surface area contributed by atoms with E-state index in [1.165, 1.54) is 37.1 Å². The van der Waals surface area contributed by atoms with Gasteiger partial charge < -0.3 is 14.8 Å². The minimum atomic E-state index is -0.975. The Morgan fingerprint density at radius 3 is 2.36 bits per heavy atom. The second-order valence-electron chi connectivity index (χ2n) is 6.07. The number of carbonyl (C=O) groups is 2. The molecule has 0 aliphatic carbocycles. The van der Waals surface area contributed by atoms with E-state index in [4.69, 9.17) is 9.47 Å². The van der Waals surface area contributed by atoms with Crippen molar-refractivity contribution in [2.24, 2.45) is 0 Å². The number of nitro groups is 1. The Balaban J connectivity index is 2.66. The number of nitro benzene ring substituents is 1. The van der Waals surface area contributed by atoms with Crippen molar-refractivity contribution in [3.8, 4) is 0 Å². The molecule has 0 aromatic heterocycles. The monoisotopic (exact) mass is 406 g/mol.